The highest BCUT2D eigenvalue weighted by Crippen LogP contribution is 2.31. The molecule has 0 saturated carbocycles. The summed E-state index contributed by atoms with van der Waals surface area (Å²) < 4.78 is 12.4. The lowest BCUT2D eigenvalue weighted by molar-refractivity contribution is 0.0600. The molecule has 1 unspecified atom stereocenters. The summed E-state index contributed by atoms with van der Waals surface area (Å²) in [6, 6.07) is 15.6. The van der Waals surface area contributed by atoms with Crippen LogP contribution < -0.4 is 4.90 Å². The smallest absolute Gasteiger partial charge is 0.337 e. The second-order valence-corrected chi connectivity index (χ2v) is 6.79. The second kappa shape index (κ2) is 7.82. The van der Waals surface area contributed by atoms with Gasteiger partial charge in [0.1, 0.15) is 5.69 Å². The van der Waals surface area contributed by atoms with E-state index in [0.717, 1.165) is 23.5 Å². The molecule has 0 N–H and O–H groups in total. The fourth-order valence-electron chi connectivity index (χ4n) is 3.34. The van der Waals surface area contributed by atoms with Crippen LogP contribution in [0, 0.1) is 6.92 Å². The quantitative estimate of drug-likeness (QED) is 0.636. The number of nitrogens with zero attached hydrogens (tertiary/aromatic N) is 4. The number of hydrogen-bond acceptors (Lipinski definition) is 6. The SMILES string of the molecule is COC(=O)c1ccc(Cn2cc(C3OCCN3c3cccc(C)c3)nn2)cc1. The molecular weight excluding hydrogens is 356 g/mol. The third kappa shape index (κ3) is 3.75. The predicted octanol–water partition coefficient (Wildman–Crippen LogP) is 2.96. The van der Waals surface area contributed by atoms with Gasteiger partial charge in [0.15, 0.2) is 6.23 Å². The molecule has 3 aromatic rings. The van der Waals surface area contributed by atoms with E-state index in [1.165, 1.54) is 12.7 Å². The van der Waals surface area contributed by atoms with Gasteiger partial charge < -0.3 is 14.4 Å². The number of hydrogen-bond donors (Lipinski definition) is 0. The molecule has 28 heavy (non-hydrogen) atoms. The largest absolute Gasteiger partial charge is 0.465 e. The van der Waals surface area contributed by atoms with Gasteiger partial charge in [0.05, 0.1) is 32.0 Å². The van der Waals surface area contributed by atoms with Crippen LogP contribution in [0.1, 0.15) is 33.4 Å². The van der Waals surface area contributed by atoms with Crippen LogP contribution in [0.25, 0.3) is 0 Å². The van der Waals surface area contributed by atoms with Gasteiger partial charge in [-0.05, 0) is 42.3 Å². The van der Waals surface area contributed by atoms with Gasteiger partial charge in [0, 0.05) is 12.2 Å². The van der Waals surface area contributed by atoms with Gasteiger partial charge in [-0.3, -0.25) is 0 Å². The van der Waals surface area contributed by atoms with Crippen molar-refractivity contribution in [2.45, 2.75) is 19.7 Å². The topological polar surface area (TPSA) is 69.5 Å². The van der Waals surface area contributed by atoms with E-state index in [1.54, 1.807) is 16.8 Å². The van der Waals surface area contributed by atoms with Crippen molar-refractivity contribution in [2.75, 3.05) is 25.2 Å². The average Bonchev–Trinajstić information content (AvgIpc) is 3.37. The fraction of sp³-hybridized carbons (Fsp3) is 0.286. The van der Waals surface area contributed by atoms with Crippen molar-refractivity contribution in [3.63, 3.8) is 0 Å². The van der Waals surface area contributed by atoms with Crippen LogP contribution in [0.2, 0.25) is 0 Å². The Morgan fingerprint density at radius 3 is 2.82 bits per heavy atom. The zero-order chi connectivity index (χ0) is 19.5. The number of esters is 1. The lowest BCUT2D eigenvalue weighted by Gasteiger charge is -2.23. The van der Waals surface area contributed by atoms with Crippen molar-refractivity contribution >= 4 is 11.7 Å². The van der Waals surface area contributed by atoms with E-state index in [-0.39, 0.29) is 12.2 Å². The Bertz CT molecular complexity index is 968. The van der Waals surface area contributed by atoms with Crippen molar-refractivity contribution in [1.82, 2.24) is 15.0 Å². The van der Waals surface area contributed by atoms with Gasteiger partial charge >= 0.3 is 5.97 Å². The number of carbonyl (C=O) groups is 1. The van der Waals surface area contributed by atoms with Crippen LogP contribution in [0.4, 0.5) is 5.69 Å². The Labute approximate surface area is 163 Å². The zero-order valence-electron chi connectivity index (χ0n) is 15.9. The summed E-state index contributed by atoms with van der Waals surface area (Å²) in [6.45, 7) is 4.11. The minimum atomic E-state index is -0.343. The summed E-state index contributed by atoms with van der Waals surface area (Å²) in [5.41, 5.74) is 4.66. The highest BCUT2D eigenvalue weighted by molar-refractivity contribution is 5.89. The summed E-state index contributed by atoms with van der Waals surface area (Å²) in [5, 5.41) is 8.57. The van der Waals surface area contributed by atoms with E-state index in [9.17, 15) is 4.79 Å². The lowest BCUT2D eigenvalue weighted by atomic mass is 10.1. The number of anilines is 1. The van der Waals surface area contributed by atoms with E-state index in [4.69, 9.17) is 9.47 Å². The molecule has 7 nitrogen and oxygen atoms in total. The average molecular weight is 378 g/mol. The van der Waals surface area contributed by atoms with Gasteiger partial charge in [-0.25, -0.2) is 9.48 Å². The summed E-state index contributed by atoms with van der Waals surface area (Å²) >= 11 is 0. The molecule has 0 bridgehead atoms. The molecule has 1 aliphatic heterocycles. The van der Waals surface area contributed by atoms with E-state index in [0.29, 0.717) is 18.7 Å². The molecule has 2 aromatic carbocycles. The van der Waals surface area contributed by atoms with Crippen LogP contribution in [0.3, 0.4) is 0 Å². The number of rotatable bonds is 5. The molecule has 1 saturated heterocycles. The van der Waals surface area contributed by atoms with Gasteiger partial charge in [-0.1, -0.05) is 29.5 Å². The molecule has 1 atom stereocenters. The zero-order valence-corrected chi connectivity index (χ0v) is 15.9. The van der Waals surface area contributed by atoms with Crippen molar-refractivity contribution in [3.05, 3.63) is 77.1 Å². The molecular formula is C21H22N4O3. The molecule has 0 aliphatic carbocycles. The van der Waals surface area contributed by atoms with Crippen LogP contribution in [0.5, 0.6) is 0 Å². The Kier molecular flexibility index (Phi) is 5.08. The van der Waals surface area contributed by atoms with Crippen LogP contribution >= 0.6 is 0 Å². The molecule has 1 aliphatic rings. The van der Waals surface area contributed by atoms with Gasteiger partial charge in [0.2, 0.25) is 0 Å². The highest BCUT2D eigenvalue weighted by Gasteiger charge is 2.29. The van der Waals surface area contributed by atoms with Crippen LogP contribution in [-0.4, -0.2) is 41.2 Å². The Morgan fingerprint density at radius 1 is 1.25 bits per heavy atom. The predicted molar refractivity (Wildman–Crippen MR) is 104 cm³/mol. The molecule has 7 heteroatoms. The highest BCUT2D eigenvalue weighted by atomic mass is 16.5. The molecule has 0 radical (unpaired) electrons. The third-order valence-corrected chi connectivity index (χ3v) is 4.75. The number of methoxy groups -OCH3 is 1. The number of carbonyl (C=O) groups excluding carboxylic acids is 1. The summed E-state index contributed by atoms with van der Waals surface area (Å²) in [5.74, 6) is -0.343. The minimum Gasteiger partial charge on any atom is -0.465 e. The van der Waals surface area contributed by atoms with E-state index in [1.807, 2.05) is 18.3 Å². The Balaban J connectivity index is 1.48. The first-order valence-corrected chi connectivity index (χ1v) is 9.16. The summed E-state index contributed by atoms with van der Waals surface area (Å²) in [4.78, 5) is 13.7. The molecule has 2 heterocycles. The Morgan fingerprint density at radius 2 is 2.07 bits per heavy atom. The maximum Gasteiger partial charge on any atom is 0.337 e. The van der Waals surface area contributed by atoms with Crippen molar-refractivity contribution < 1.29 is 14.3 Å². The summed E-state index contributed by atoms with van der Waals surface area (Å²) in [6.07, 6.45) is 1.67. The second-order valence-electron chi connectivity index (χ2n) is 6.79. The lowest BCUT2D eigenvalue weighted by Crippen LogP contribution is -2.23. The number of aromatic nitrogens is 3. The summed E-state index contributed by atoms with van der Waals surface area (Å²) in [7, 11) is 1.37. The maximum absolute atomic E-state index is 11.5. The molecule has 1 aromatic heterocycles. The van der Waals surface area contributed by atoms with Crippen molar-refractivity contribution in [3.8, 4) is 0 Å². The number of ether oxygens (including phenoxy) is 2. The minimum absolute atomic E-state index is 0.239. The molecule has 0 amide bonds. The van der Waals surface area contributed by atoms with Crippen LogP contribution in [0.15, 0.2) is 54.7 Å². The monoisotopic (exact) mass is 378 g/mol. The first-order chi connectivity index (χ1) is 13.6. The molecule has 1 fully saturated rings. The molecule has 144 valence electrons. The number of aryl methyl sites for hydroxylation is 1. The fourth-order valence-corrected chi connectivity index (χ4v) is 3.34. The first-order valence-electron chi connectivity index (χ1n) is 9.16. The molecule has 0 spiro atoms. The van der Waals surface area contributed by atoms with Gasteiger partial charge in [0.25, 0.3) is 0 Å². The Hall–Kier alpha value is -3.19. The third-order valence-electron chi connectivity index (χ3n) is 4.75. The molecule has 4 rings (SSSR count). The standard InChI is InChI=1S/C21H22N4O3/c1-15-4-3-5-18(12-15)25-10-11-28-20(25)19-14-24(23-22-19)13-16-6-8-17(9-7-16)21(26)27-2/h3-9,12,14,20H,10-11,13H2,1-2H3. The first kappa shape index (κ1) is 18.2. The van der Waals surface area contributed by atoms with E-state index < -0.39 is 0 Å². The van der Waals surface area contributed by atoms with E-state index >= 15 is 0 Å². The van der Waals surface area contributed by atoms with E-state index in [2.05, 4.69) is 46.4 Å². The van der Waals surface area contributed by atoms with Crippen molar-refractivity contribution in [2.24, 2.45) is 0 Å². The normalized spacial score (nSPS) is 16.4. The maximum atomic E-state index is 11.5. The number of benzene rings is 2. The van der Waals surface area contributed by atoms with Gasteiger partial charge in [-0.15, -0.1) is 5.10 Å². The van der Waals surface area contributed by atoms with Crippen LogP contribution in [-0.2, 0) is 16.0 Å². The van der Waals surface area contributed by atoms with Crippen molar-refractivity contribution in [1.29, 1.82) is 0 Å². The van der Waals surface area contributed by atoms with Gasteiger partial charge in [-0.2, -0.15) is 0 Å².